The number of nitrogens with zero attached hydrogens (tertiary/aromatic N) is 1. The zero-order valence-corrected chi connectivity index (χ0v) is 17.9. The van der Waals surface area contributed by atoms with Gasteiger partial charge in [-0.1, -0.05) is 0 Å². The molecule has 0 spiro atoms. The largest absolute Gasteiger partial charge is 0.493 e. The lowest BCUT2D eigenvalue weighted by Crippen LogP contribution is -2.39. The Morgan fingerprint density at radius 1 is 1.30 bits per heavy atom. The Morgan fingerprint density at radius 2 is 2.00 bits per heavy atom. The van der Waals surface area contributed by atoms with E-state index >= 15 is 0 Å². The van der Waals surface area contributed by atoms with Crippen molar-refractivity contribution in [2.24, 2.45) is 4.99 Å². The van der Waals surface area contributed by atoms with Gasteiger partial charge >= 0.3 is 0 Å². The normalized spacial score (nSPS) is 11.5. The number of aliphatic imine (C=N–C) groups is 1. The molecular formula is C16H28IN3O2S. The third kappa shape index (κ3) is 7.52. The minimum atomic E-state index is 0. The second-order valence-corrected chi connectivity index (χ2v) is 6.83. The van der Waals surface area contributed by atoms with Crippen molar-refractivity contribution in [3.63, 3.8) is 0 Å². The van der Waals surface area contributed by atoms with Crippen LogP contribution in [0.1, 0.15) is 20.8 Å². The molecule has 0 atom stereocenters. The Balaban J connectivity index is 0.00000484. The molecule has 0 fully saturated rings. The summed E-state index contributed by atoms with van der Waals surface area (Å²) in [4.78, 5) is 4.25. The number of nitrogens with one attached hydrogen (secondary N) is 2. The van der Waals surface area contributed by atoms with Crippen LogP contribution in [-0.4, -0.2) is 44.3 Å². The monoisotopic (exact) mass is 453 g/mol. The van der Waals surface area contributed by atoms with Crippen molar-refractivity contribution in [3.8, 4) is 11.5 Å². The van der Waals surface area contributed by atoms with Gasteiger partial charge in [-0.05, 0) is 39.2 Å². The van der Waals surface area contributed by atoms with Crippen molar-refractivity contribution in [3.05, 3.63) is 18.2 Å². The zero-order chi connectivity index (χ0) is 16.6. The van der Waals surface area contributed by atoms with Crippen molar-refractivity contribution in [2.75, 3.05) is 38.9 Å². The van der Waals surface area contributed by atoms with Crippen LogP contribution in [0.5, 0.6) is 11.5 Å². The summed E-state index contributed by atoms with van der Waals surface area (Å²) in [6, 6.07) is 5.74. The third-order valence-corrected chi connectivity index (χ3v) is 4.43. The highest BCUT2D eigenvalue weighted by molar-refractivity contribution is 14.0. The number of benzene rings is 1. The SMILES string of the molecule is CCOc1ccc(NC(=NC)NCC(C)(C)SC)cc1OC.I. The number of hydrogen-bond donors (Lipinski definition) is 2. The van der Waals surface area contributed by atoms with Gasteiger partial charge in [-0.3, -0.25) is 4.99 Å². The van der Waals surface area contributed by atoms with Crippen LogP contribution in [0.3, 0.4) is 0 Å². The van der Waals surface area contributed by atoms with Gasteiger partial charge in [-0.25, -0.2) is 0 Å². The van der Waals surface area contributed by atoms with Gasteiger partial charge in [0.05, 0.1) is 13.7 Å². The molecular weight excluding hydrogens is 425 g/mol. The Bertz CT molecular complexity index is 510. The molecule has 0 saturated heterocycles. The Hall–Kier alpha value is -0.830. The molecule has 2 N–H and O–H groups in total. The van der Waals surface area contributed by atoms with Crippen molar-refractivity contribution >= 4 is 47.4 Å². The second kappa shape index (κ2) is 10.9. The summed E-state index contributed by atoms with van der Waals surface area (Å²) in [5, 5.41) is 6.60. The van der Waals surface area contributed by atoms with E-state index in [9.17, 15) is 0 Å². The number of halogens is 1. The number of hydrogen-bond acceptors (Lipinski definition) is 4. The lowest BCUT2D eigenvalue weighted by atomic mass is 10.2. The van der Waals surface area contributed by atoms with Crippen molar-refractivity contribution in [1.82, 2.24) is 5.32 Å². The number of guanidine groups is 1. The molecule has 0 saturated carbocycles. The highest BCUT2D eigenvalue weighted by Gasteiger charge is 2.16. The maximum Gasteiger partial charge on any atom is 0.195 e. The molecule has 0 aliphatic carbocycles. The van der Waals surface area contributed by atoms with E-state index in [0.29, 0.717) is 12.4 Å². The van der Waals surface area contributed by atoms with Crippen LogP contribution in [0.25, 0.3) is 0 Å². The summed E-state index contributed by atoms with van der Waals surface area (Å²) >= 11 is 1.82. The highest BCUT2D eigenvalue weighted by Crippen LogP contribution is 2.30. The van der Waals surface area contributed by atoms with E-state index in [4.69, 9.17) is 9.47 Å². The highest BCUT2D eigenvalue weighted by atomic mass is 127. The molecule has 132 valence electrons. The average Bonchev–Trinajstić information content (AvgIpc) is 2.52. The first kappa shape index (κ1) is 22.2. The quantitative estimate of drug-likeness (QED) is 0.373. The van der Waals surface area contributed by atoms with Gasteiger partial charge in [0.1, 0.15) is 0 Å². The van der Waals surface area contributed by atoms with Gasteiger partial charge in [0, 0.05) is 30.1 Å². The Morgan fingerprint density at radius 3 is 2.52 bits per heavy atom. The van der Waals surface area contributed by atoms with Crippen molar-refractivity contribution in [2.45, 2.75) is 25.5 Å². The second-order valence-electron chi connectivity index (χ2n) is 5.31. The molecule has 1 aromatic rings. The molecule has 1 aromatic carbocycles. The molecule has 23 heavy (non-hydrogen) atoms. The van der Waals surface area contributed by atoms with Crippen LogP contribution in [0.15, 0.2) is 23.2 Å². The molecule has 0 unspecified atom stereocenters. The van der Waals surface area contributed by atoms with Crippen LogP contribution < -0.4 is 20.1 Å². The van der Waals surface area contributed by atoms with Crippen molar-refractivity contribution < 1.29 is 9.47 Å². The van der Waals surface area contributed by atoms with E-state index in [2.05, 4.69) is 35.7 Å². The molecule has 5 nitrogen and oxygen atoms in total. The lowest BCUT2D eigenvalue weighted by molar-refractivity contribution is 0.311. The van der Waals surface area contributed by atoms with E-state index in [1.165, 1.54) is 0 Å². The van der Waals surface area contributed by atoms with Gasteiger partial charge in [-0.2, -0.15) is 11.8 Å². The molecule has 1 rings (SSSR count). The van der Waals surface area contributed by atoms with Crippen LogP contribution >= 0.6 is 35.7 Å². The number of methoxy groups -OCH3 is 1. The van der Waals surface area contributed by atoms with Crippen LogP contribution in [-0.2, 0) is 0 Å². The predicted octanol–water partition coefficient (Wildman–Crippen LogP) is 3.84. The van der Waals surface area contributed by atoms with E-state index in [0.717, 1.165) is 23.9 Å². The minimum absolute atomic E-state index is 0. The fourth-order valence-corrected chi connectivity index (χ4v) is 1.92. The molecule has 0 bridgehead atoms. The summed E-state index contributed by atoms with van der Waals surface area (Å²) < 4.78 is 11.0. The molecule has 0 amide bonds. The summed E-state index contributed by atoms with van der Waals surface area (Å²) in [6.45, 7) is 7.76. The molecule has 0 aliphatic heterocycles. The fourth-order valence-electron chi connectivity index (χ4n) is 1.70. The van der Waals surface area contributed by atoms with Crippen molar-refractivity contribution in [1.29, 1.82) is 0 Å². The maximum absolute atomic E-state index is 5.52. The lowest BCUT2D eigenvalue weighted by Gasteiger charge is -2.24. The molecule has 0 radical (unpaired) electrons. The Kier molecular flexibility index (Phi) is 10.5. The topological polar surface area (TPSA) is 54.9 Å². The third-order valence-electron chi connectivity index (χ3n) is 3.18. The average molecular weight is 453 g/mol. The van der Waals surface area contributed by atoms with Crippen LogP contribution in [0, 0.1) is 0 Å². The van der Waals surface area contributed by atoms with Gasteiger partial charge in [0.25, 0.3) is 0 Å². The van der Waals surface area contributed by atoms with E-state index in [-0.39, 0.29) is 28.7 Å². The van der Waals surface area contributed by atoms with Crippen LogP contribution in [0.2, 0.25) is 0 Å². The number of ether oxygens (including phenoxy) is 2. The van der Waals surface area contributed by atoms with Gasteiger partial charge in [0.2, 0.25) is 0 Å². The molecule has 0 heterocycles. The predicted molar refractivity (Wildman–Crippen MR) is 112 cm³/mol. The summed E-state index contributed by atoms with van der Waals surface area (Å²) in [7, 11) is 3.39. The van der Waals surface area contributed by atoms with Crippen LogP contribution in [0.4, 0.5) is 5.69 Å². The fraction of sp³-hybridized carbons (Fsp3) is 0.562. The van der Waals surface area contributed by atoms with E-state index < -0.39 is 0 Å². The zero-order valence-electron chi connectivity index (χ0n) is 14.7. The molecule has 0 aromatic heterocycles. The first-order chi connectivity index (χ1) is 10.5. The standard InChI is InChI=1S/C16H27N3O2S.HI/c1-7-21-13-9-8-12(10-14(13)20-5)19-15(17-4)18-11-16(2,3)22-6;/h8-10H,7,11H2,1-6H3,(H2,17,18,19);1H. The Labute approximate surface area is 161 Å². The van der Waals surface area contributed by atoms with E-state index in [1.54, 1.807) is 14.2 Å². The minimum Gasteiger partial charge on any atom is -0.493 e. The van der Waals surface area contributed by atoms with E-state index in [1.807, 2.05) is 36.9 Å². The number of anilines is 1. The van der Waals surface area contributed by atoms with Gasteiger partial charge < -0.3 is 20.1 Å². The number of thioether (sulfide) groups is 1. The summed E-state index contributed by atoms with van der Waals surface area (Å²) in [5.74, 6) is 2.17. The maximum atomic E-state index is 5.52. The molecule has 7 heteroatoms. The molecule has 0 aliphatic rings. The van der Waals surface area contributed by atoms with Gasteiger partial charge in [-0.15, -0.1) is 24.0 Å². The summed E-state index contributed by atoms with van der Waals surface area (Å²) in [5.41, 5.74) is 0.898. The smallest absolute Gasteiger partial charge is 0.195 e. The summed E-state index contributed by atoms with van der Waals surface area (Å²) in [6.07, 6.45) is 2.11. The first-order valence-electron chi connectivity index (χ1n) is 7.29. The van der Waals surface area contributed by atoms with Gasteiger partial charge in [0.15, 0.2) is 17.5 Å². The number of rotatable bonds is 7. The first-order valence-corrected chi connectivity index (χ1v) is 8.52.